The molecule has 19 heavy (non-hydrogen) atoms. The monoisotopic (exact) mass is 291 g/mol. The summed E-state index contributed by atoms with van der Waals surface area (Å²) in [6, 6.07) is 0.0543. The van der Waals surface area contributed by atoms with Crippen LogP contribution >= 0.6 is 0 Å². The summed E-state index contributed by atoms with van der Waals surface area (Å²) in [5, 5.41) is 3.35. The Balaban J connectivity index is 4.27. The highest BCUT2D eigenvalue weighted by Crippen LogP contribution is 2.24. The third kappa shape index (κ3) is 6.75. The third-order valence-corrected chi connectivity index (χ3v) is 6.29. The molecule has 0 radical (unpaired) electrons. The summed E-state index contributed by atoms with van der Waals surface area (Å²) < 4.78 is 23.1. The van der Waals surface area contributed by atoms with Crippen LogP contribution in [0.15, 0.2) is 0 Å². The normalized spacial score (nSPS) is 14.6. The molecule has 1 atom stereocenters. The molecule has 0 aromatic heterocycles. The van der Waals surface area contributed by atoms with Crippen molar-refractivity contribution in [2.75, 3.05) is 12.8 Å². The Morgan fingerprint density at radius 2 is 1.53 bits per heavy atom. The first-order valence-electron chi connectivity index (χ1n) is 7.70. The quantitative estimate of drug-likeness (QED) is 0.592. The van der Waals surface area contributed by atoms with Gasteiger partial charge in [-0.25, -0.2) is 8.42 Å². The number of unbranched alkanes of at least 4 members (excludes halogenated alkanes) is 5. The molecule has 0 spiro atoms. The molecule has 0 saturated carbocycles. The van der Waals surface area contributed by atoms with Crippen molar-refractivity contribution in [3.63, 3.8) is 0 Å². The molecule has 0 rings (SSSR count). The van der Waals surface area contributed by atoms with Crippen LogP contribution in [0.25, 0.3) is 0 Å². The number of rotatable bonds is 11. The molecule has 0 amide bonds. The minimum absolute atomic E-state index is 0.0543. The van der Waals surface area contributed by atoms with E-state index < -0.39 is 14.6 Å². The fourth-order valence-corrected chi connectivity index (χ4v) is 3.05. The molecule has 4 heteroatoms. The highest BCUT2D eigenvalue weighted by molar-refractivity contribution is 7.92. The van der Waals surface area contributed by atoms with Gasteiger partial charge in [-0.05, 0) is 26.8 Å². The number of hydrogen-bond donors (Lipinski definition) is 1. The van der Waals surface area contributed by atoms with Gasteiger partial charge in [-0.2, -0.15) is 0 Å². The predicted octanol–water partition coefficient (Wildman–Crippen LogP) is 3.54. The molecular weight excluding hydrogens is 258 g/mol. The highest BCUT2D eigenvalue weighted by Gasteiger charge is 2.37. The van der Waals surface area contributed by atoms with E-state index >= 15 is 0 Å². The van der Waals surface area contributed by atoms with Gasteiger partial charge in [0.2, 0.25) is 0 Å². The highest BCUT2D eigenvalue weighted by atomic mass is 32.2. The number of hydrogen-bond acceptors (Lipinski definition) is 3. The Labute approximate surface area is 120 Å². The summed E-state index contributed by atoms with van der Waals surface area (Å²) in [6.45, 7) is 8.75. The van der Waals surface area contributed by atoms with Gasteiger partial charge in [0.1, 0.15) is 0 Å². The van der Waals surface area contributed by atoms with E-state index in [-0.39, 0.29) is 6.04 Å². The van der Waals surface area contributed by atoms with Crippen molar-refractivity contribution in [1.29, 1.82) is 0 Å². The summed E-state index contributed by atoms with van der Waals surface area (Å²) in [5.74, 6) is 0. The number of nitrogens with one attached hydrogen (secondary N) is 1. The largest absolute Gasteiger partial charge is 0.313 e. The van der Waals surface area contributed by atoms with Gasteiger partial charge < -0.3 is 5.32 Å². The van der Waals surface area contributed by atoms with E-state index in [0.29, 0.717) is 0 Å². The lowest BCUT2D eigenvalue weighted by atomic mass is 9.96. The SMILES string of the molecule is CCCCCCCCC(NCC)C(C)(C)S(C)(=O)=O. The molecule has 0 aromatic rings. The first-order chi connectivity index (χ1) is 8.77. The van der Waals surface area contributed by atoms with Crippen LogP contribution in [-0.4, -0.2) is 32.0 Å². The summed E-state index contributed by atoms with van der Waals surface area (Å²) in [5.41, 5.74) is 0. The summed E-state index contributed by atoms with van der Waals surface area (Å²) in [4.78, 5) is 0. The second kappa shape index (κ2) is 8.96. The smallest absolute Gasteiger partial charge is 0.154 e. The molecule has 116 valence electrons. The van der Waals surface area contributed by atoms with E-state index in [9.17, 15) is 8.42 Å². The van der Waals surface area contributed by atoms with Crippen molar-refractivity contribution in [3.05, 3.63) is 0 Å². The standard InChI is InChI=1S/C15H33NO2S/c1-6-8-9-10-11-12-13-14(16-7-2)15(3,4)19(5,17)18/h14,16H,6-13H2,1-5H3. The second-order valence-corrected chi connectivity index (χ2v) is 8.64. The van der Waals surface area contributed by atoms with E-state index in [1.807, 2.05) is 20.8 Å². The predicted molar refractivity (Wildman–Crippen MR) is 84.4 cm³/mol. The lowest BCUT2D eigenvalue weighted by Crippen LogP contribution is -2.51. The van der Waals surface area contributed by atoms with Crippen LogP contribution in [-0.2, 0) is 9.84 Å². The van der Waals surface area contributed by atoms with Gasteiger partial charge in [0.05, 0.1) is 4.75 Å². The van der Waals surface area contributed by atoms with E-state index in [2.05, 4.69) is 12.2 Å². The van der Waals surface area contributed by atoms with Gasteiger partial charge in [0.15, 0.2) is 9.84 Å². The van der Waals surface area contributed by atoms with Crippen LogP contribution in [0.4, 0.5) is 0 Å². The molecule has 0 aliphatic rings. The van der Waals surface area contributed by atoms with Crippen LogP contribution < -0.4 is 5.32 Å². The molecular formula is C15H33NO2S. The maximum atomic E-state index is 11.9. The summed E-state index contributed by atoms with van der Waals surface area (Å²) in [6.07, 6.45) is 9.76. The first-order valence-corrected chi connectivity index (χ1v) is 9.59. The van der Waals surface area contributed by atoms with Crippen LogP contribution in [0.2, 0.25) is 0 Å². The van der Waals surface area contributed by atoms with Gasteiger partial charge >= 0.3 is 0 Å². The topological polar surface area (TPSA) is 46.2 Å². The van der Waals surface area contributed by atoms with Gasteiger partial charge in [0.25, 0.3) is 0 Å². The molecule has 1 N–H and O–H groups in total. The zero-order valence-electron chi connectivity index (χ0n) is 13.5. The third-order valence-electron chi connectivity index (χ3n) is 4.09. The lowest BCUT2D eigenvalue weighted by molar-refractivity contribution is 0.381. The second-order valence-electron chi connectivity index (χ2n) is 6.04. The minimum Gasteiger partial charge on any atom is -0.313 e. The molecule has 0 aliphatic heterocycles. The van der Waals surface area contributed by atoms with Crippen LogP contribution in [0.5, 0.6) is 0 Å². The summed E-state index contributed by atoms with van der Waals surface area (Å²) in [7, 11) is -3.04. The van der Waals surface area contributed by atoms with Gasteiger partial charge in [-0.1, -0.05) is 52.4 Å². The Bertz CT molecular complexity index is 323. The van der Waals surface area contributed by atoms with Crippen molar-refractivity contribution < 1.29 is 8.42 Å². The molecule has 0 aromatic carbocycles. The van der Waals surface area contributed by atoms with Crippen LogP contribution in [0.1, 0.15) is 72.6 Å². The Kier molecular flexibility index (Phi) is 8.92. The number of sulfone groups is 1. The maximum Gasteiger partial charge on any atom is 0.154 e. The first kappa shape index (κ1) is 18.9. The molecule has 3 nitrogen and oxygen atoms in total. The lowest BCUT2D eigenvalue weighted by Gasteiger charge is -2.33. The molecule has 0 heterocycles. The van der Waals surface area contributed by atoms with E-state index in [1.54, 1.807) is 0 Å². The van der Waals surface area contributed by atoms with Crippen molar-refractivity contribution in [3.8, 4) is 0 Å². The maximum absolute atomic E-state index is 11.9. The molecule has 0 saturated heterocycles. The molecule has 0 aliphatic carbocycles. The van der Waals surface area contributed by atoms with Crippen LogP contribution in [0.3, 0.4) is 0 Å². The van der Waals surface area contributed by atoms with Crippen LogP contribution in [0, 0.1) is 0 Å². The fourth-order valence-electron chi connectivity index (χ4n) is 2.33. The van der Waals surface area contributed by atoms with E-state index in [0.717, 1.165) is 19.4 Å². The van der Waals surface area contributed by atoms with Gasteiger partial charge in [0, 0.05) is 12.3 Å². The average molecular weight is 292 g/mol. The van der Waals surface area contributed by atoms with E-state index in [4.69, 9.17) is 0 Å². The zero-order valence-corrected chi connectivity index (χ0v) is 14.3. The Hall–Kier alpha value is -0.0900. The van der Waals surface area contributed by atoms with Crippen molar-refractivity contribution >= 4 is 9.84 Å². The van der Waals surface area contributed by atoms with Gasteiger partial charge in [-0.3, -0.25) is 0 Å². The van der Waals surface area contributed by atoms with E-state index in [1.165, 1.54) is 38.4 Å². The summed E-state index contributed by atoms with van der Waals surface area (Å²) >= 11 is 0. The average Bonchev–Trinajstić information content (AvgIpc) is 2.30. The van der Waals surface area contributed by atoms with Crippen molar-refractivity contribution in [2.45, 2.75) is 83.4 Å². The molecule has 1 unspecified atom stereocenters. The van der Waals surface area contributed by atoms with Gasteiger partial charge in [-0.15, -0.1) is 0 Å². The Morgan fingerprint density at radius 3 is 2.00 bits per heavy atom. The minimum atomic E-state index is -3.04. The molecule has 0 bridgehead atoms. The Morgan fingerprint density at radius 1 is 1.00 bits per heavy atom. The molecule has 0 fully saturated rings. The van der Waals surface area contributed by atoms with Crippen molar-refractivity contribution in [2.24, 2.45) is 0 Å². The zero-order chi connectivity index (χ0) is 14.9. The fraction of sp³-hybridized carbons (Fsp3) is 1.00. The van der Waals surface area contributed by atoms with Crippen molar-refractivity contribution in [1.82, 2.24) is 5.32 Å².